The summed E-state index contributed by atoms with van der Waals surface area (Å²) in [4.78, 5) is 5.19. The molecule has 0 bridgehead atoms. The van der Waals surface area contributed by atoms with Gasteiger partial charge in [0.1, 0.15) is 5.75 Å². The standard InChI is InChI=1S/C17H26N2O/c1-14-6-7-16(12-14)19-10-8-18(9-11-19)15-4-3-5-17(13-15)20-2/h3-5,13-14,16H,6-12H2,1-2H3/t14-,16-/m1/s1. The van der Waals surface area contributed by atoms with Gasteiger partial charge in [0.15, 0.2) is 0 Å². The van der Waals surface area contributed by atoms with Crippen molar-refractivity contribution in [3.8, 4) is 5.75 Å². The molecule has 1 aliphatic heterocycles. The van der Waals surface area contributed by atoms with Crippen LogP contribution in [0.15, 0.2) is 24.3 Å². The quantitative estimate of drug-likeness (QED) is 0.842. The molecular weight excluding hydrogens is 248 g/mol. The van der Waals surface area contributed by atoms with Gasteiger partial charge in [0.05, 0.1) is 7.11 Å². The molecule has 1 heterocycles. The van der Waals surface area contributed by atoms with Crippen molar-refractivity contribution in [2.45, 2.75) is 32.2 Å². The van der Waals surface area contributed by atoms with Crippen LogP contribution in [0.25, 0.3) is 0 Å². The molecule has 2 aliphatic rings. The predicted octanol–water partition coefficient (Wildman–Crippen LogP) is 3.01. The van der Waals surface area contributed by atoms with Crippen LogP contribution in [-0.2, 0) is 0 Å². The molecular formula is C17H26N2O. The normalized spacial score (nSPS) is 27.8. The van der Waals surface area contributed by atoms with E-state index in [4.69, 9.17) is 4.74 Å². The molecule has 0 aromatic heterocycles. The summed E-state index contributed by atoms with van der Waals surface area (Å²) in [5.74, 6) is 1.88. The Balaban J connectivity index is 1.58. The van der Waals surface area contributed by atoms with E-state index in [0.717, 1.165) is 30.8 Å². The summed E-state index contributed by atoms with van der Waals surface area (Å²) in [6.45, 7) is 7.08. The van der Waals surface area contributed by atoms with Crippen molar-refractivity contribution >= 4 is 5.69 Å². The van der Waals surface area contributed by atoms with Crippen molar-refractivity contribution in [3.05, 3.63) is 24.3 Å². The second-order valence-electron chi connectivity index (χ2n) is 6.30. The van der Waals surface area contributed by atoms with E-state index >= 15 is 0 Å². The Labute approximate surface area is 122 Å². The van der Waals surface area contributed by atoms with E-state index < -0.39 is 0 Å². The second-order valence-corrected chi connectivity index (χ2v) is 6.30. The smallest absolute Gasteiger partial charge is 0.120 e. The number of ether oxygens (including phenoxy) is 1. The van der Waals surface area contributed by atoms with Crippen LogP contribution in [-0.4, -0.2) is 44.2 Å². The summed E-state index contributed by atoms with van der Waals surface area (Å²) in [5.41, 5.74) is 1.30. The SMILES string of the molecule is COc1cccc(N2CCN([C@@H]3CC[C@@H](C)C3)CC2)c1. The maximum absolute atomic E-state index is 5.32. The van der Waals surface area contributed by atoms with E-state index in [1.165, 1.54) is 38.0 Å². The summed E-state index contributed by atoms with van der Waals surface area (Å²) >= 11 is 0. The van der Waals surface area contributed by atoms with Gasteiger partial charge >= 0.3 is 0 Å². The van der Waals surface area contributed by atoms with Gasteiger partial charge in [0, 0.05) is 44.0 Å². The van der Waals surface area contributed by atoms with Crippen LogP contribution in [0.1, 0.15) is 26.2 Å². The molecule has 0 N–H and O–H groups in total. The molecule has 0 spiro atoms. The Bertz CT molecular complexity index is 440. The van der Waals surface area contributed by atoms with Crippen LogP contribution in [0.2, 0.25) is 0 Å². The van der Waals surface area contributed by atoms with Crippen molar-refractivity contribution in [2.24, 2.45) is 5.92 Å². The Morgan fingerprint density at radius 1 is 1.10 bits per heavy atom. The largest absolute Gasteiger partial charge is 0.497 e. The zero-order chi connectivity index (χ0) is 13.9. The third-order valence-corrected chi connectivity index (χ3v) is 4.92. The molecule has 3 rings (SSSR count). The topological polar surface area (TPSA) is 15.7 Å². The Hall–Kier alpha value is -1.22. The number of nitrogens with zero attached hydrogens (tertiary/aromatic N) is 2. The van der Waals surface area contributed by atoms with Crippen LogP contribution in [0, 0.1) is 5.92 Å². The van der Waals surface area contributed by atoms with E-state index in [1.54, 1.807) is 7.11 Å². The minimum atomic E-state index is 0.845. The molecule has 20 heavy (non-hydrogen) atoms. The fourth-order valence-electron chi connectivity index (χ4n) is 3.66. The molecule has 1 saturated carbocycles. The number of benzene rings is 1. The molecule has 0 radical (unpaired) electrons. The van der Waals surface area contributed by atoms with Crippen LogP contribution >= 0.6 is 0 Å². The maximum Gasteiger partial charge on any atom is 0.120 e. The van der Waals surface area contributed by atoms with Gasteiger partial charge in [-0.3, -0.25) is 4.90 Å². The summed E-state index contributed by atoms with van der Waals surface area (Å²) in [5, 5.41) is 0. The molecule has 1 aromatic carbocycles. The number of hydrogen-bond donors (Lipinski definition) is 0. The zero-order valence-corrected chi connectivity index (χ0v) is 12.7. The molecule has 0 unspecified atom stereocenters. The Morgan fingerprint density at radius 3 is 2.55 bits per heavy atom. The minimum Gasteiger partial charge on any atom is -0.497 e. The van der Waals surface area contributed by atoms with Gasteiger partial charge < -0.3 is 9.64 Å². The third kappa shape index (κ3) is 2.93. The van der Waals surface area contributed by atoms with Crippen LogP contribution < -0.4 is 9.64 Å². The first-order valence-electron chi connectivity index (χ1n) is 7.89. The highest BCUT2D eigenvalue weighted by molar-refractivity contribution is 5.51. The highest BCUT2D eigenvalue weighted by atomic mass is 16.5. The molecule has 110 valence electrons. The molecule has 1 aromatic rings. The molecule has 3 heteroatoms. The first-order valence-corrected chi connectivity index (χ1v) is 7.89. The van der Waals surface area contributed by atoms with Gasteiger partial charge in [-0.1, -0.05) is 13.0 Å². The summed E-state index contributed by atoms with van der Waals surface area (Å²) < 4.78 is 5.32. The monoisotopic (exact) mass is 274 g/mol. The van der Waals surface area contributed by atoms with Crippen LogP contribution in [0.4, 0.5) is 5.69 Å². The van der Waals surface area contributed by atoms with E-state index in [0.29, 0.717) is 0 Å². The number of piperazine rings is 1. The third-order valence-electron chi connectivity index (χ3n) is 4.92. The Kier molecular flexibility index (Phi) is 4.16. The van der Waals surface area contributed by atoms with Gasteiger partial charge in [0.25, 0.3) is 0 Å². The van der Waals surface area contributed by atoms with Crippen molar-refractivity contribution in [2.75, 3.05) is 38.2 Å². The first-order chi connectivity index (χ1) is 9.76. The minimum absolute atomic E-state index is 0.845. The number of rotatable bonds is 3. The van der Waals surface area contributed by atoms with Gasteiger partial charge in [-0.2, -0.15) is 0 Å². The lowest BCUT2D eigenvalue weighted by atomic mass is 10.1. The van der Waals surface area contributed by atoms with Crippen LogP contribution in [0.5, 0.6) is 5.75 Å². The summed E-state index contributed by atoms with van der Waals surface area (Å²) in [7, 11) is 1.73. The molecule has 2 atom stereocenters. The number of hydrogen-bond acceptors (Lipinski definition) is 3. The van der Waals surface area contributed by atoms with Crippen LogP contribution in [0.3, 0.4) is 0 Å². The summed E-state index contributed by atoms with van der Waals surface area (Å²) in [6, 6.07) is 9.28. The second kappa shape index (κ2) is 6.04. The number of methoxy groups -OCH3 is 1. The lowest BCUT2D eigenvalue weighted by Crippen LogP contribution is -2.49. The van der Waals surface area contributed by atoms with Crippen molar-refractivity contribution < 1.29 is 4.74 Å². The van der Waals surface area contributed by atoms with E-state index in [2.05, 4.69) is 34.9 Å². The van der Waals surface area contributed by atoms with Crippen molar-refractivity contribution in [1.82, 2.24) is 4.90 Å². The average molecular weight is 274 g/mol. The average Bonchev–Trinajstić information content (AvgIpc) is 2.94. The van der Waals surface area contributed by atoms with E-state index in [-0.39, 0.29) is 0 Å². The van der Waals surface area contributed by atoms with Gasteiger partial charge in [-0.15, -0.1) is 0 Å². The lowest BCUT2D eigenvalue weighted by molar-refractivity contribution is 0.184. The summed E-state index contributed by atoms with van der Waals surface area (Å²) in [6.07, 6.45) is 4.22. The predicted molar refractivity (Wildman–Crippen MR) is 83.6 cm³/mol. The fourth-order valence-corrected chi connectivity index (χ4v) is 3.66. The fraction of sp³-hybridized carbons (Fsp3) is 0.647. The van der Waals surface area contributed by atoms with E-state index in [9.17, 15) is 0 Å². The lowest BCUT2D eigenvalue weighted by Gasteiger charge is -2.39. The highest BCUT2D eigenvalue weighted by Gasteiger charge is 2.29. The van der Waals surface area contributed by atoms with Crippen molar-refractivity contribution in [1.29, 1.82) is 0 Å². The zero-order valence-electron chi connectivity index (χ0n) is 12.7. The Morgan fingerprint density at radius 2 is 1.90 bits per heavy atom. The molecule has 2 fully saturated rings. The maximum atomic E-state index is 5.32. The first kappa shape index (κ1) is 13.7. The van der Waals surface area contributed by atoms with E-state index in [1.807, 2.05) is 6.07 Å². The highest BCUT2D eigenvalue weighted by Crippen LogP contribution is 2.30. The molecule has 0 amide bonds. The molecule has 1 aliphatic carbocycles. The van der Waals surface area contributed by atoms with Gasteiger partial charge in [-0.25, -0.2) is 0 Å². The van der Waals surface area contributed by atoms with Crippen molar-refractivity contribution in [3.63, 3.8) is 0 Å². The van der Waals surface area contributed by atoms with Gasteiger partial charge in [-0.05, 0) is 37.3 Å². The molecule has 3 nitrogen and oxygen atoms in total. The van der Waals surface area contributed by atoms with Gasteiger partial charge in [0.2, 0.25) is 0 Å². The molecule has 1 saturated heterocycles. The number of anilines is 1.